The summed E-state index contributed by atoms with van der Waals surface area (Å²) in [4.78, 5) is 10.9. The van der Waals surface area contributed by atoms with Gasteiger partial charge in [0.2, 0.25) is 0 Å². The van der Waals surface area contributed by atoms with Gasteiger partial charge in [-0.05, 0) is 38.6 Å². The summed E-state index contributed by atoms with van der Waals surface area (Å²) in [5, 5.41) is 3.55. The lowest BCUT2D eigenvalue weighted by Crippen LogP contribution is -2.35. The van der Waals surface area contributed by atoms with Gasteiger partial charge in [0.25, 0.3) is 0 Å². The van der Waals surface area contributed by atoms with Crippen molar-refractivity contribution in [1.29, 1.82) is 0 Å². The molecule has 1 aliphatic rings. The van der Waals surface area contributed by atoms with E-state index in [1.54, 1.807) is 0 Å². The number of carbonyl (C=O) groups excluding carboxylic acids is 1. The largest absolute Gasteiger partial charge is 0.469 e. The molecule has 0 heterocycles. The fourth-order valence-corrected chi connectivity index (χ4v) is 2.19. The van der Waals surface area contributed by atoms with Crippen LogP contribution in [-0.4, -0.2) is 38.4 Å². The highest BCUT2D eigenvalue weighted by atomic mass is 16.5. The average molecular weight is 243 g/mol. The van der Waals surface area contributed by atoms with Crippen molar-refractivity contribution in [2.75, 3.05) is 20.3 Å². The number of nitrogens with one attached hydrogen (secondary N) is 1. The van der Waals surface area contributed by atoms with Gasteiger partial charge in [-0.2, -0.15) is 0 Å². The minimum absolute atomic E-state index is 0.191. The SMILES string of the molecule is CCCNC1CCC(OCCC(=O)OC)CC1. The molecule has 4 nitrogen and oxygen atoms in total. The molecule has 1 rings (SSSR count). The van der Waals surface area contributed by atoms with Crippen LogP contribution >= 0.6 is 0 Å². The molecule has 0 bridgehead atoms. The number of carbonyl (C=O) groups is 1. The Labute approximate surface area is 104 Å². The second-order valence-corrected chi connectivity index (χ2v) is 4.62. The highest BCUT2D eigenvalue weighted by Crippen LogP contribution is 2.21. The molecule has 0 aromatic heterocycles. The summed E-state index contributed by atoms with van der Waals surface area (Å²) in [6, 6.07) is 0.662. The molecule has 0 atom stereocenters. The van der Waals surface area contributed by atoms with E-state index in [1.165, 1.54) is 26.4 Å². The van der Waals surface area contributed by atoms with E-state index >= 15 is 0 Å². The van der Waals surface area contributed by atoms with E-state index in [4.69, 9.17) is 4.74 Å². The van der Waals surface area contributed by atoms with Crippen LogP contribution in [0, 0.1) is 0 Å². The van der Waals surface area contributed by atoms with Crippen molar-refractivity contribution in [2.45, 2.75) is 57.6 Å². The van der Waals surface area contributed by atoms with Gasteiger partial charge >= 0.3 is 5.97 Å². The summed E-state index contributed by atoms with van der Waals surface area (Å²) < 4.78 is 10.3. The fourth-order valence-electron chi connectivity index (χ4n) is 2.19. The molecule has 0 radical (unpaired) electrons. The zero-order valence-electron chi connectivity index (χ0n) is 11.0. The zero-order valence-corrected chi connectivity index (χ0v) is 11.0. The monoisotopic (exact) mass is 243 g/mol. The molecule has 100 valence electrons. The van der Waals surface area contributed by atoms with Gasteiger partial charge in [-0.3, -0.25) is 4.79 Å². The number of hydrogen-bond acceptors (Lipinski definition) is 4. The molecule has 1 N–H and O–H groups in total. The predicted molar refractivity (Wildman–Crippen MR) is 66.9 cm³/mol. The smallest absolute Gasteiger partial charge is 0.307 e. The van der Waals surface area contributed by atoms with Crippen LogP contribution in [0.3, 0.4) is 0 Å². The molecule has 0 aromatic carbocycles. The first-order chi connectivity index (χ1) is 8.26. The molecule has 0 aliphatic heterocycles. The van der Waals surface area contributed by atoms with Crippen LogP contribution in [0.2, 0.25) is 0 Å². The maximum atomic E-state index is 10.9. The third kappa shape index (κ3) is 6.03. The molecule has 0 amide bonds. The molecular formula is C13H25NO3. The number of rotatable bonds is 7. The van der Waals surface area contributed by atoms with Gasteiger partial charge in [-0.15, -0.1) is 0 Å². The van der Waals surface area contributed by atoms with E-state index in [2.05, 4.69) is 17.0 Å². The summed E-state index contributed by atoms with van der Waals surface area (Å²) in [6.45, 7) is 3.79. The van der Waals surface area contributed by atoms with Crippen LogP contribution in [-0.2, 0) is 14.3 Å². The third-order valence-corrected chi connectivity index (χ3v) is 3.24. The standard InChI is InChI=1S/C13H25NO3/c1-3-9-14-11-4-6-12(7-5-11)17-10-8-13(15)16-2/h11-12,14H,3-10H2,1-2H3. The van der Waals surface area contributed by atoms with Gasteiger partial charge in [-0.25, -0.2) is 0 Å². The Balaban J connectivity index is 2.04. The molecule has 1 saturated carbocycles. The highest BCUT2D eigenvalue weighted by molar-refractivity contribution is 5.69. The Morgan fingerprint density at radius 1 is 1.29 bits per heavy atom. The van der Waals surface area contributed by atoms with Crippen molar-refractivity contribution in [1.82, 2.24) is 5.32 Å². The molecule has 1 aliphatic carbocycles. The minimum Gasteiger partial charge on any atom is -0.469 e. The second-order valence-electron chi connectivity index (χ2n) is 4.62. The van der Waals surface area contributed by atoms with Crippen LogP contribution < -0.4 is 5.32 Å². The quantitative estimate of drug-likeness (QED) is 0.694. The van der Waals surface area contributed by atoms with Gasteiger partial charge < -0.3 is 14.8 Å². The van der Waals surface area contributed by atoms with Crippen molar-refractivity contribution in [3.05, 3.63) is 0 Å². The fraction of sp³-hybridized carbons (Fsp3) is 0.923. The van der Waals surface area contributed by atoms with Crippen LogP contribution in [0.15, 0.2) is 0 Å². The first kappa shape index (κ1) is 14.5. The highest BCUT2D eigenvalue weighted by Gasteiger charge is 2.21. The van der Waals surface area contributed by atoms with Gasteiger partial charge in [0, 0.05) is 6.04 Å². The Hall–Kier alpha value is -0.610. The first-order valence-electron chi connectivity index (χ1n) is 6.68. The van der Waals surface area contributed by atoms with Crippen molar-refractivity contribution >= 4 is 5.97 Å². The Morgan fingerprint density at radius 3 is 2.59 bits per heavy atom. The molecule has 4 heteroatoms. The number of ether oxygens (including phenoxy) is 2. The maximum absolute atomic E-state index is 10.9. The molecule has 0 unspecified atom stereocenters. The molecule has 0 aromatic rings. The number of hydrogen-bond donors (Lipinski definition) is 1. The first-order valence-corrected chi connectivity index (χ1v) is 6.68. The summed E-state index contributed by atoms with van der Waals surface area (Å²) in [5.41, 5.74) is 0. The van der Waals surface area contributed by atoms with Crippen molar-refractivity contribution in [2.24, 2.45) is 0 Å². The Morgan fingerprint density at radius 2 is 2.00 bits per heavy atom. The lowest BCUT2D eigenvalue weighted by molar-refractivity contribution is -0.142. The van der Waals surface area contributed by atoms with Gasteiger partial charge in [0.15, 0.2) is 0 Å². The van der Waals surface area contributed by atoms with E-state index in [-0.39, 0.29) is 5.97 Å². The molecular weight excluding hydrogens is 218 g/mol. The minimum atomic E-state index is -0.191. The molecule has 1 fully saturated rings. The molecule has 0 saturated heterocycles. The van der Waals surface area contributed by atoms with Crippen molar-refractivity contribution < 1.29 is 14.3 Å². The van der Waals surface area contributed by atoms with Crippen molar-refractivity contribution in [3.8, 4) is 0 Å². The van der Waals surface area contributed by atoms with Crippen molar-refractivity contribution in [3.63, 3.8) is 0 Å². The summed E-state index contributed by atoms with van der Waals surface area (Å²) >= 11 is 0. The normalized spacial score (nSPS) is 24.6. The van der Waals surface area contributed by atoms with E-state index < -0.39 is 0 Å². The predicted octanol–water partition coefficient (Wildman–Crippen LogP) is 1.88. The van der Waals surface area contributed by atoms with Gasteiger partial charge in [0.05, 0.1) is 26.2 Å². The van der Waals surface area contributed by atoms with Crippen LogP contribution in [0.25, 0.3) is 0 Å². The summed E-state index contributed by atoms with van der Waals surface area (Å²) in [6.07, 6.45) is 6.45. The number of esters is 1. The molecule has 0 spiro atoms. The summed E-state index contributed by atoms with van der Waals surface area (Å²) in [7, 11) is 1.41. The van der Waals surface area contributed by atoms with E-state index in [0.29, 0.717) is 25.2 Å². The third-order valence-electron chi connectivity index (χ3n) is 3.24. The lowest BCUT2D eigenvalue weighted by Gasteiger charge is -2.29. The average Bonchev–Trinajstić information content (AvgIpc) is 2.37. The van der Waals surface area contributed by atoms with Crippen LogP contribution in [0.4, 0.5) is 0 Å². The Kier molecular flexibility index (Phi) is 7.21. The number of methoxy groups -OCH3 is 1. The maximum Gasteiger partial charge on any atom is 0.307 e. The van der Waals surface area contributed by atoms with E-state index in [0.717, 1.165) is 19.4 Å². The van der Waals surface area contributed by atoms with Crippen LogP contribution in [0.5, 0.6) is 0 Å². The zero-order chi connectivity index (χ0) is 12.5. The Bertz CT molecular complexity index is 213. The summed E-state index contributed by atoms with van der Waals surface area (Å²) in [5.74, 6) is -0.191. The lowest BCUT2D eigenvalue weighted by atomic mass is 9.93. The van der Waals surface area contributed by atoms with E-state index in [9.17, 15) is 4.79 Å². The topological polar surface area (TPSA) is 47.6 Å². The van der Waals surface area contributed by atoms with Gasteiger partial charge in [0.1, 0.15) is 0 Å². The molecule has 17 heavy (non-hydrogen) atoms. The van der Waals surface area contributed by atoms with E-state index in [1.807, 2.05) is 0 Å². The second kappa shape index (κ2) is 8.48. The van der Waals surface area contributed by atoms with Gasteiger partial charge in [-0.1, -0.05) is 6.92 Å². The van der Waals surface area contributed by atoms with Crippen LogP contribution in [0.1, 0.15) is 45.4 Å².